The molecule has 1 heterocycles. The minimum Gasteiger partial charge on any atom is -0.465 e. The van der Waals surface area contributed by atoms with Gasteiger partial charge < -0.3 is 9.47 Å². The summed E-state index contributed by atoms with van der Waals surface area (Å²) in [7, 11) is 1.21. The molecule has 0 bridgehead atoms. The highest BCUT2D eigenvalue weighted by molar-refractivity contribution is 9.10. The van der Waals surface area contributed by atoms with E-state index in [-0.39, 0.29) is 26.7 Å². The molecule has 0 spiro atoms. The Balaban J connectivity index is 2.35. The summed E-state index contributed by atoms with van der Waals surface area (Å²) in [6.07, 6.45) is 0. The molecule has 0 unspecified atom stereocenters. The van der Waals surface area contributed by atoms with Crippen LogP contribution in [0.5, 0.6) is 10.9 Å². The third-order valence-corrected chi connectivity index (χ3v) is 4.04. The number of benzene rings is 1. The lowest BCUT2D eigenvalue weighted by atomic mass is 10.3. The summed E-state index contributed by atoms with van der Waals surface area (Å²) in [4.78, 5) is 25.7. The molecule has 21 heavy (non-hydrogen) atoms. The molecule has 0 aliphatic carbocycles. The van der Waals surface area contributed by atoms with Crippen molar-refractivity contribution in [3.8, 4) is 10.9 Å². The Bertz CT molecular complexity index is 721. The zero-order valence-electron chi connectivity index (χ0n) is 10.3. The SMILES string of the molecule is COC(=O)c1sc(Oc2ccc(Br)cc2[N+](=O)[O-])nc1Cl. The number of ether oxygens (including phenoxy) is 2. The minimum absolute atomic E-state index is 0.00539. The first-order valence-corrected chi connectivity index (χ1v) is 7.27. The molecule has 0 N–H and O–H groups in total. The quantitative estimate of drug-likeness (QED) is 0.442. The number of esters is 1. The summed E-state index contributed by atoms with van der Waals surface area (Å²) in [5, 5.41) is 10.9. The van der Waals surface area contributed by atoms with Gasteiger partial charge in [-0.25, -0.2) is 4.79 Å². The van der Waals surface area contributed by atoms with Crippen LogP contribution in [0.25, 0.3) is 0 Å². The van der Waals surface area contributed by atoms with E-state index in [2.05, 4.69) is 25.7 Å². The van der Waals surface area contributed by atoms with Crippen molar-refractivity contribution in [2.75, 3.05) is 7.11 Å². The zero-order valence-corrected chi connectivity index (χ0v) is 13.5. The van der Waals surface area contributed by atoms with E-state index < -0.39 is 10.9 Å². The van der Waals surface area contributed by atoms with E-state index >= 15 is 0 Å². The van der Waals surface area contributed by atoms with Crippen LogP contribution in [0.2, 0.25) is 5.15 Å². The first-order chi connectivity index (χ1) is 9.92. The summed E-state index contributed by atoms with van der Waals surface area (Å²) >= 11 is 9.77. The summed E-state index contributed by atoms with van der Waals surface area (Å²) in [5.74, 6) is -0.664. The molecule has 1 aromatic heterocycles. The molecule has 0 saturated heterocycles. The Hall–Kier alpha value is -1.71. The first-order valence-electron chi connectivity index (χ1n) is 5.28. The van der Waals surface area contributed by atoms with Gasteiger partial charge >= 0.3 is 11.7 Å². The molecule has 2 aromatic rings. The number of halogens is 2. The van der Waals surface area contributed by atoms with Gasteiger partial charge in [0.05, 0.1) is 12.0 Å². The van der Waals surface area contributed by atoms with Gasteiger partial charge in [0.1, 0.15) is 0 Å². The van der Waals surface area contributed by atoms with E-state index in [0.29, 0.717) is 4.47 Å². The molecule has 0 fully saturated rings. The summed E-state index contributed by atoms with van der Waals surface area (Å²) in [6, 6.07) is 4.29. The van der Waals surface area contributed by atoms with Gasteiger partial charge in [-0.2, -0.15) is 4.98 Å². The van der Waals surface area contributed by atoms with Crippen molar-refractivity contribution in [2.24, 2.45) is 0 Å². The molecule has 0 radical (unpaired) electrons. The van der Waals surface area contributed by atoms with Gasteiger partial charge in [-0.15, -0.1) is 0 Å². The predicted octanol–water partition coefficient (Wildman–Crippen LogP) is 4.05. The number of carbonyl (C=O) groups excluding carboxylic acids is 1. The molecule has 0 saturated carbocycles. The smallest absolute Gasteiger partial charge is 0.351 e. The van der Waals surface area contributed by atoms with Crippen LogP contribution in [-0.4, -0.2) is 23.0 Å². The van der Waals surface area contributed by atoms with Crippen LogP contribution in [0.15, 0.2) is 22.7 Å². The number of methoxy groups -OCH3 is 1. The lowest BCUT2D eigenvalue weighted by Crippen LogP contribution is -1.98. The molecule has 0 aliphatic heterocycles. The van der Waals surface area contributed by atoms with E-state index in [4.69, 9.17) is 16.3 Å². The molecule has 1 aromatic carbocycles. The Morgan fingerprint density at radius 3 is 2.86 bits per heavy atom. The number of carbonyl (C=O) groups is 1. The van der Waals surface area contributed by atoms with Gasteiger partial charge in [0, 0.05) is 10.5 Å². The average molecular weight is 394 g/mol. The molecule has 10 heteroatoms. The van der Waals surface area contributed by atoms with Crippen LogP contribution in [0.4, 0.5) is 5.69 Å². The van der Waals surface area contributed by atoms with Gasteiger partial charge in [0.2, 0.25) is 5.75 Å². The number of rotatable bonds is 4. The van der Waals surface area contributed by atoms with Crippen molar-refractivity contribution in [2.45, 2.75) is 0 Å². The summed E-state index contributed by atoms with van der Waals surface area (Å²) < 4.78 is 10.4. The van der Waals surface area contributed by atoms with E-state index in [9.17, 15) is 14.9 Å². The first kappa shape index (κ1) is 15.7. The Labute approximate surface area is 135 Å². The second-order valence-electron chi connectivity index (χ2n) is 3.56. The van der Waals surface area contributed by atoms with Gasteiger partial charge in [0.25, 0.3) is 5.19 Å². The third kappa shape index (κ3) is 3.49. The van der Waals surface area contributed by atoms with E-state index in [1.165, 1.54) is 19.2 Å². The second kappa shape index (κ2) is 6.37. The number of nitrogens with zero attached hydrogens (tertiary/aromatic N) is 2. The van der Waals surface area contributed by atoms with Crippen LogP contribution in [-0.2, 0) is 4.74 Å². The van der Waals surface area contributed by atoms with Crippen molar-refractivity contribution in [1.29, 1.82) is 0 Å². The topological polar surface area (TPSA) is 91.6 Å². The Morgan fingerprint density at radius 1 is 1.52 bits per heavy atom. The number of hydrogen-bond donors (Lipinski definition) is 0. The van der Waals surface area contributed by atoms with Crippen LogP contribution in [0.1, 0.15) is 9.67 Å². The fourth-order valence-electron chi connectivity index (χ4n) is 1.36. The molecule has 110 valence electrons. The van der Waals surface area contributed by atoms with Crippen LogP contribution in [0, 0.1) is 10.1 Å². The fourth-order valence-corrected chi connectivity index (χ4v) is 2.77. The van der Waals surface area contributed by atoms with Gasteiger partial charge in [-0.3, -0.25) is 10.1 Å². The second-order valence-corrected chi connectivity index (χ2v) is 5.80. The predicted molar refractivity (Wildman–Crippen MR) is 79.3 cm³/mol. The zero-order chi connectivity index (χ0) is 15.6. The molecular weight excluding hydrogens is 388 g/mol. The molecule has 7 nitrogen and oxygen atoms in total. The number of hydrogen-bond acceptors (Lipinski definition) is 7. The lowest BCUT2D eigenvalue weighted by molar-refractivity contribution is -0.385. The van der Waals surface area contributed by atoms with Crippen molar-refractivity contribution in [3.05, 3.63) is 42.8 Å². The van der Waals surface area contributed by atoms with Crippen LogP contribution < -0.4 is 4.74 Å². The van der Waals surface area contributed by atoms with E-state index in [1.807, 2.05) is 0 Å². The van der Waals surface area contributed by atoms with Crippen LogP contribution >= 0.6 is 38.9 Å². The number of nitro groups is 1. The van der Waals surface area contributed by atoms with Crippen molar-refractivity contribution < 1.29 is 19.2 Å². The maximum absolute atomic E-state index is 11.4. The summed E-state index contributed by atoms with van der Waals surface area (Å²) in [6.45, 7) is 0. The average Bonchev–Trinajstić information content (AvgIpc) is 2.80. The number of aromatic nitrogens is 1. The largest absolute Gasteiger partial charge is 0.465 e. The fraction of sp³-hybridized carbons (Fsp3) is 0.0909. The van der Waals surface area contributed by atoms with Gasteiger partial charge in [-0.05, 0) is 12.1 Å². The van der Waals surface area contributed by atoms with Crippen molar-refractivity contribution in [1.82, 2.24) is 4.98 Å². The van der Waals surface area contributed by atoms with Crippen molar-refractivity contribution >= 4 is 50.5 Å². The van der Waals surface area contributed by atoms with Crippen LogP contribution in [0.3, 0.4) is 0 Å². The van der Waals surface area contributed by atoms with Gasteiger partial charge in [0.15, 0.2) is 10.0 Å². The number of nitro benzene ring substituents is 1. The van der Waals surface area contributed by atoms with Crippen molar-refractivity contribution in [3.63, 3.8) is 0 Å². The molecule has 2 rings (SSSR count). The standard InChI is InChI=1S/C11H6BrClN2O5S/c1-19-10(16)8-9(13)14-11(21-8)20-7-3-2-5(12)4-6(7)15(17)18/h2-4H,1H3. The normalized spacial score (nSPS) is 10.2. The Kier molecular flexibility index (Phi) is 4.76. The maximum Gasteiger partial charge on any atom is 0.351 e. The maximum atomic E-state index is 11.4. The highest BCUT2D eigenvalue weighted by atomic mass is 79.9. The van der Waals surface area contributed by atoms with E-state index in [0.717, 1.165) is 11.3 Å². The lowest BCUT2D eigenvalue weighted by Gasteiger charge is -2.02. The monoisotopic (exact) mass is 392 g/mol. The minimum atomic E-state index is -0.655. The molecular formula is C11H6BrClN2O5S. The molecule has 0 aliphatic rings. The summed E-state index contributed by atoms with van der Waals surface area (Å²) in [5.41, 5.74) is -0.240. The number of thiazole rings is 1. The highest BCUT2D eigenvalue weighted by Gasteiger charge is 2.21. The molecule has 0 atom stereocenters. The third-order valence-electron chi connectivity index (χ3n) is 2.25. The molecule has 0 amide bonds. The van der Waals surface area contributed by atoms with Gasteiger partial charge in [-0.1, -0.05) is 38.9 Å². The Morgan fingerprint density at radius 2 is 2.24 bits per heavy atom. The highest BCUT2D eigenvalue weighted by Crippen LogP contribution is 2.37. The van der Waals surface area contributed by atoms with E-state index in [1.54, 1.807) is 6.07 Å².